The molecule has 48 heavy (non-hydrogen) atoms. The van der Waals surface area contributed by atoms with Crippen LogP contribution in [0.25, 0.3) is 0 Å². The van der Waals surface area contributed by atoms with Gasteiger partial charge in [0, 0.05) is 54.0 Å². The Morgan fingerprint density at radius 3 is 2.69 bits per heavy atom. The zero-order valence-corrected chi connectivity index (χ0v) is 29.0. The van der Waals surface area contributed by atoms with Crippen LogP contribution < -0.4 is 10.6 Å². The summed E-state index contributed by atoms with van der Waals surface area (Å²) in [4.78, 5) is 55.6. The molecule has 1 saturated heterocycles. The van der Waals surface area contributed by atoms with Gasteiger partial charge < -0.3 is 20.1 Å². The smallest absolute Gasteiger partial charge is 0.340 e. The first-order valence-corrected chi connectivity index (χ1v) is 19.8. The van der Waals surface area contributed by atoms with E-state index in [1.165, 1.54) is 17.1 Å². The molecule has 0 aromatic rings. The molecule has 6 atom stereocenters. The van der Waals surface area contributed by atoms with E-state index in [1.54, 1.807) is 10.8 Å². The molecule has 1 spiro atoms. The van der Waals surface area contributed by atoms with E-state index in [-0.39, 0.29) is 48.1 Å². The van der Waals surface area contributed by atoms with Crippen LogP contribution in [-0.4, -0.2) is 53.4 Å². The maximum atomic E-state index is 14.4. The van der Waals surface area contributed by atoms with E-state index in [0.29, 0.717) is 36.0 Å². The second-order valence-corrected chi connectivity index (χ2v) is 16.6. The lowest BCUT2D eigenvalue weighted by atomic mass is 9.43. The highest BCUT2D eigenvalue weighted by Crippen LogP contribution is 2.71. The molecule has 252 valence electrons. The van der Waals surface area contributed by atoms with Gasteiger partial charge in [-0.3, -0.25) is 14.5 Å². The minimum absolute atomic E-state index is 0.0135. The number of carbonyl (C=O) groups is 4. The number of unbranched alkanes of at least 4 members (excludes halogenated alkanes) is 1. The first-order chi connectivity index (χ1) is 23.3. The van der Waals surface area contributed by atoms with E-state index < -0.39 is 11.3 Å². The summed E-state index contributed by atoms with van der Waals surface area (Å²) in [5.74, 6) is 2.35. The number of imide groups is 1. The first kappa shape index (κ1) is 31.8. The Bertz CT molecular complexity index is 1700. The zero-order chi connectivity index (χ0) is 33.2. The lowest BCUT2D eigenvalue weighted by Crippen LogP contribution is -2.54. The lowest BCUT2D eigenvalue weighted by Gasteiger charge is -2.57. The standard InChI is InChI=1S/C37H41N3O6S2/c1-3-4-5-26-24-8-7-23-22-12-14-37(33(23)32(24)35(43)45-26)27-9-6-20(2)18-47-48-19-39-28-16-21(13-15-38-28)25(31(22)34(37)36(44)46-27)17-40-29(41)10-11-30(40)42/h5,9-11,13,16,20,22-23,25,33,38-39H,3-4,6-8,12,14-15,17-19H2,1-2H3/b26-5-,27-9-/t20-,22+,23+,25+,33-,37+/m1/s1. The number of amides is 2. The van der Waals surface area contributed by atoms with Gasteiger partial charge in [-0.15, -0.1) is 0 Å². The molecule has 4 aliphatic carbocycles. The number of nitrogens with one attached hydrogen (secondary N) is 2. The number of dihydropyridines is 1. The number of allylic oxidation sites excluding steroid dienone is 5. The molecule has 9 nitrogen and oxygen atoms in total. The predicted octanol–water partition coefficient (Wildman–Crippen LogP) is 5.58. The van der Waals surface area contributed by atoms with Crippen molar-refractivity contribution in [3.05, 3.63) is 81.7 Å². The first-order valence-electron chi connectivity index (χ1n) is 17.3. The van der Waals surface area contributed by atoms with Gasteiger partial charge in [0.15, 0.2) is 0 Å². The van der Waals surface area contributed by atoms with Crippen LogP contribution in [0.2, 0.25) is 0 Å². The topological polar surface area (TPSA) is 114 Å². The number of cyclic esters (lactones) is 1. The summed E-state index contributed by atoms with van der Waals surface area (Å²) in [7, 11) is 3.57. The van der Waals surface area contributed by atoms with Crippen molar-refractivity contribution >= 4 is 45.3 Å². The van der Waals surface area contributed by atoms with Crippen molar-refractivity contribution in [2.45, 2.75) is 58.8 Å². The average molecular weight is 688 g/mol. The van der Waals surface area contributed by atoms with Crippen molar-refractivity contribution in [3.8, 4) is 0 Å². The van der Waals surface area contributed by atoms with E-state index in [1.807, 2.05) is 16.9 Å². The summed E-state index contributed by atoms with van der Waals surface area (Å²) in [6, 6.07) is 0. The quantitative estimate of drug-likeness (QED) is 0.221. The summed E-state index contributed by atoms with van der Waals surface area (Å²) in [6.45, 7) is 5.04. The van der Waals surface area contributed by atoms with E-state index in [4.69, 9.17) is 9.47 Å². The van der Waals surface area contributed by atoms with Crippen LogP contribution in [0.4, 0.5) is 0 Å². The van der Waals surface area contributed by atoms with Gasteiger partial charge in [-0.1, -0.05) is 47.9 Å². The Hall–Kier alpha value is -3.44. The van der Waals surface area contributed by atoms with Crippen molar-refractivity contribution < 1.29 is 28.7 Å². The van der Waals surface area contributed by atoms with Crippen molar-refractivity contribution in [1.82, 2.24) is 15.5 Å². The molecule has 0 aromatic heterocycles. The highest BCUT2D eigenvalue weighted by molar-refractivity contribution is 8.76. The van der Waals surface area contributed by atoms with Crippen LogP contribution in [0, 0.1) is 35.0 Å². The van der Waals surface area contributed by atoms with Gasteiger partial charge in [0.05, 0.1) is 22.7 Å². The predicted molar refractivity (Wildman–Crippen MR) is 184 cm³/mol. The number of carbonyl (C=O) groups excluding carboxylic acids is 4. The van der Waals surface area contributed by atoms with Gasteiger partial charge >= 0.3 is 11.9 Å². The van der Waals surface area contributed by atoms with Crippen LogP contribution in [0.3, 0.4) is 0 Å². The summed E-state index contributed by atoms with van der Waals surface area (Å²) in [5, 5.41) is 6.94. The highest BCUT2D eigenvalue weighted by atomic mass is 33.1. The molecule has 11 heteroatoms. The summed E-state index contributed by atoms with van der Waals surface area (Å²) >= 11 is 0. The third-order valence-electron chi connectivity index (χ3n) is 11.5. The van der Waals surface area contributed by atoms with Crippen molar-refractivity contribution in [2.24, 2.45) is 35.0 Å². The molecule has 2 N–H and O–H groups in total. The second-order valence-electron chi connectivity index (χ2n) is 14.1. The highest BCUT2D eigenvalue weighted by Gasteiger charge is 2.69. The molecular formula is C37H41N3O6S2. The van der Waals surface area contributed by atoms with Crippen molar-refractivity contribution in [2.75, 3.05) is 24.7 Å². The molecule has 0 unspecified atom stereocenters. The molecule has 2 amide bonds. The normalized spacial score (nSPS) is 36.2. The molecule has 9 rings (SSSR count). The molecule has 0 radical (unpaired) electrons. The van der Waals surface area contributed by atoms with E-state index in [0.717, 1.165) is 78.3 Å². The Morgan fingerprint density at radius 1 is 1.04 bits per heavy atom. The maximum absolute atomic E-state index is 14.4. The van der Waals surface area contributed by atoms with Gasteiger partial charge in [0.2, 0.25) is 0 Å². The summed E-state index contributed by atoms with van der Waals surface area (Å²) < 4.78 is 12.3. The monoisotopic (exact) mass is 687 g/mol. The van der Waals surface area contributed by atoms with E-state index in [9.17, 15) is 19.2 Å². The van der Waals surface area contributed by atoms with Gasteiger partial charge in [-0.05, 0) is 85.7 Å². The third-order valence-corrected chi connectivity index (χ3v) is 13.9. The number of ether oxygens (including phenoxy) is 2. The molecule has 2 fully saturated rings. The molecular weight excluding hydrogens is 647 g/mol. The number of hydrogen-bond acceptors (Lipinski definition) is 10. The third kappa shape index (κ3) is 4.97. The van der Waals surface area contributed by atoms with Crippen LogP contribution in [0.15, 0.2) is 81.7 Å². The fourth-order valence-electron chi connectivity index (χ4n) is 9.46. The second kappa shape index (κ2) is 12.5. The van der Waals surface area contributed by atoms with Gasteiger partial charge in [0.1, 0.15) is 11.5 Å². The number of esters is 2. The fraction of sp³-hybridized carbons (Fsp3) is 0.514. The largest absolute Gasteiger partial charge is 0.427 e. The molecule has 7 bridgehead atoms. The molecule has 5 heterocycles. The SMILES string of the molecule is CCC/C=C1\OC(=O)C2=C1CC[C@H]1[C@@H]3CC[C@@]4(C5=C3[C@@H](CN3C(=O)C=CC3=O)C3=CCNC(=C3)NCSSC[C@H](C)C/C=C/4OC5=O)[C@@H]21. The van der Waals surface area contributed by atoms with Crippen molar-refractivity contribution in [1.29, 1.82) is 0 Å². The van der Waals surface area contributed by atoms with Crippen LogP contribution in [-0.2, 0) is 28.7 Å². The number of nitrogens with zero attached hydrogens (tertiary/aromatic N) is 1. The number of fused-ring (bicyclic) bond motifs is 2. The summed E-state index contributed by atoms with van der Waals surface area (Å²) in [5.41, 5.74) is 3.51. The van der Waals surface area contributed by atoms with Gasteiger partial charge in [-0.25, -0.2) is 9.59 Å². The van der Waals surface area contributed by atoms with Crippen molar-refractivity contribution in [3.63, 3.8) is 0 Å². The van der Waals surface area contributed by atoms with Crippen LogP contribution >= 0.6 is 21.6 Å². The fourth-order valence-corrected chi connectivity index (χ4v) is 11.6. The Kier molecular flexibility index (Phi) is 8.26. The Morgan fingerprint density at radius 2 is 1.88 bits per heavy atom. The Labute approximate surface area is 288 Å². The molecule has 1 saturated carbocycles. The van der Waals surface area contributed by atoms with Gasteiger partial charge in [0.25, 0.3) is 11.8 Å². The molecule has 5 aliphatic heterocycles. The maximum Gasteiger partial charge on any atom is 0.340 e. The average Bonchev–Trinajstić information content (AvgIpc) is 3.70. The van der Waals surface area contributed by atoms with E-state index in [2.05, 4.69) is 42.7 Å². The van der Waals surface area contributed by atoms with E-state index >= 15 is 0 Å². The molecule has 0 aromatic carbocycles. The van der Waals surface area contributed by atoms with Gasteiger partial charge in [-0.2, -0.15) is 0 Å². The zero-order valence-electron chi connectivity index (χ0n) is 27.3. The number of hydrogen-bond donors (Lipinski definition) is 2. The minimum Gasteiger partial charge on any atom is -0.427 e. The minimum atomic E-state index is -0.807. The molecule has 9 aliphatic rings. The lowest BCUT2D eigenvalue weighted by molar-refractivity contribution is -0.138. The number of rotatable bonds is 4. The van der Waals surface area contributed by atoms with Crippen LogP contribution in [0.5, 0.6) is 0 Å². The van der Waals surface area contributed by atoms with Crippen LogP contribution in [0.1, 0.15) is 58.8 Å². The Balaban J connectivity index is 1.35. The summed E-state index contributed by atoms with van der Waals surface area (Å²) in [6.07, 6.45) is 16.7.